The Hall–Kier alpha value is -0.750. The molecule has 0 unspecified atom stereocenters. The van der Waals surface area contributed by atoms with Gasteiger partial charge in [0, 0.05) is 11.5 Å². The first-order valence-corrected chi connectivity index (χ1v) is 3.55. The van der Waals surface area contributed by atoms with Gasteiger partial charge in [-0.15, -0.1) is 0 Å². The minimum Gasteiger partial charge on any atom is -0.0840 e. The van der Waals surface area contributed by atoms with Gasteiger partial charge in [0.05, 0.1) is 0 Å². The van der Waals surface area contributed by atoms with Crippen molar-refractivity contribution in [2.45, 2.75) is 0 Å². The Balaban J connectivity index is 2.61. The Morgan fingerprint density at radius 1 is 1.10 bits per heavy atom. The summed E-state index contributed by atoms with van der Waals surface area (Å²) in [6.07, 6.45) is 3.95. The molecule has 0 amide bonds. The van der Waals surface area contributed by atoms with Crippen molar-refractivity contribution in [3.05, 3.63) is 47.9 Å². The third kappa shape index (κ3) is 0.764. The second-order valence-corrected chi connectivity index (χ2v) is 2.68. The van der Waals surface area contributed by atoms with Crippen LogP contribution >= 0.6 is 11.6 Å². The van der Waals surface area contributed by atoms with Gasteiger partial charge in [0.2, 0.25) is 0 Å². The molecule has 1 aromatic rings. The lowest BCUT2D eigenvalue weighted by molar-refractivity contribution is 1.54. The van der Waals surface area contributed by atoms with E-state index in [9.17, 15) is 0 Å². The zero-order chi connectivity index (χ0) is 6.97. The highest BCUT2D eigenvalue weighted by Gasteiger charge is 2.09. The van der Waals surface area contributed by atoms with Crippen LogP contribution in [0.25, 0.3) is 5.03 Å². The first-order valence-electron chi connectivity index (χ1n) is 3.18. The average molecular weight is 150 g/mol. The molecule has 1 aliphatic rings. The zero-order valence-electron chi connectivity index (χ0n) is 5.34. The molecule has 1 radical (unpaired) electrons. The molecule has 1 aliphatic carbocycles. The molecule has 0 atom stereocenters. The van der Waals surface area contributed by atoms with E-state index in [1.54, 1.807) is 0 Å². The molecule has 1 heteroatoms. The molecule has 1 aromatic carbocycles. The van der Waals surface area contributed by atoms with Gasteiger partial charge in [-0.1, -0.05) is 41.9 Å². The van der Waals surface area contributed by atoms with Crippen LogP contribution in [0.5, 0.6) is 0 Å². The van der Waals surface area contributed by atoms with Crippen LogP contribution in [-0.2, 0) is 0 Å². The van der Waals surface area contributed by atoms with Gasteiger partial charge >= 0.3 is 0 Å². The summed E-state index contributed by atoms with van der Waals surface area (Å²) < 4.78 is 0. The lowest BCUT2D eigenvalue weighted by Gasteiger charge is -1.95. The first kappa shape index (κ1) is 5.99. The largest absolute Gasteiger partial charge is 0.0840 e. The fourth-order valence-corrected chi connectivity index (χ4v) is 1.35. The fraction of sp³-hybridized carbons (Fsp3) is 0. The minimum absolute atomic E-state index is 0.843. The van der Waals surface area contributed by atoms with Crippen molar-refractivity contribution in [3.63, 3.8) is 0 Å². The minimum atomic E-state index is 0.843. The van der Waals surface area contributed by atoms with E-state index in [2.05, 4.69) is 6.07 Å². The van der Waals surface area contributed by atoms with Gasteiger partial charge in [0.1, 0.15) is 0 Å². The molecule has 49 valence electrons. The first-order chi connectivity index (χ1) is 4.88. The summed E-state index contributed by atoms with van der Waals surface area (Å²) in [5.41, 5.74) is 2.36. The van der Waals surface area contributed by atoms with Crippen molar-refractivity contribution in [2.24, 2.45) is 0 Å². The van der Waals surface area contributed by atoms with Crippen LogP contribution in [0.4, 0.5) is 0 Å². The van der Waals surface area contributed by atoms with Gasteiger partial charge in [0.15, 0.2) is 0 Å². The molecule has 0 saturated carbocycles. The molecule has 0 fully saturated rings. The second kappa shape index (κ2) is 2.14. The summed E-state index contributed by atoms with van der Waals surface area (Å²) in [4.78, 5) is 0. The molecule has 0 spiro atoms. The zero-order valence-corrected chi connectivity index (χ0v) is 6.10. The molecule has 0 nitrogen and oxygen atoms in total. The van der Waals surface area contributed by atoms with E-state index in [0.717, 1.165) is 10.6 Å². The van der Waals surface area contributed by atoms with Crippen LogP contribution in [0.2, 0.25) is 0 Å². The van der Waals surface area contributed by atoms with Crippen molar-refractivity contribution >= 4 is 16.6 Å². The third-order valence-corrected chi connectivity index (χ3v) is 1.96. The van der Waals surface area contributed by atoms with E-state index in [-0.39, 0.29) is 0 Å². The predicted octanol–water partition coefficient (Wildman–Crippen LogP) is 2.83. The molecule has 0 heterocycles. The summed E-state index contributed by atoms with van der Waals surface area (Å²) in [6.45, 7) is 0. The fourth-order valence-electron chi connectivity index (χ4n) is 1.11. The van der Waals surface area contributed by atoms with Gasteiger partial charge in [-0.05, 0) is 11.1 Å². The van der Waals surface area contributed by atoms with Crippen LogP contribution in [0.15, 0.2) is 30.3 Å². The number of rotatable bonds is 0. The van der Waals surface area contributed by atoms with Crippen molar-refractivity contribution in [1.29, 1.82) is 0 Å². The Bertz CT molecular complexity index is 287. The number of halogens is 1. The van der Waals surface area contributed by atoms with Crippen LogP contribution in [0.1, 0.15) is 11.1 Å². The number of fused-ring (bicyclic) bond motifs is 1. The maximum Gasteiger partial charge on any atom is 0.0448 e. The summed E-state index contributed by atoms with van der Waals surface area (Å²) in [7, 11) is 0. The van der Waals surface area contributed by atoms with E-state index in [1.807, 2.05) is 30.7 Å². The molecular formula is C9H6Cl. The van der Waals surface area contributed by atoms with E-state index in [1.165, 1.54) is 5.56 Å². The normalized spacial score (nSPS) is 14.7. The van der Waals surface area contributed by atoms with Crippen LogP contribution in [0, 0.1) is 6.42 Å². The van der Waals surface area contributed by atoms with Gasteiger partial charge < -0.3 is 0 Å². The highest BCUT2D eigenvalue weighted by Crippen LogP contribution is 2.30. The smallest absolute Gasteiger partial charge is 0.0448 e. The Kier molecular flexibility index (Phi) is 1.28. The average Bonchev–Trinajstić information content (AvgIpc) is 2.34. The van der Waals surface area contributed by atoms with Crippen molar-refractivity contribution in [1.82, 2.24) is 0 Å². The molecule has 0 saturated heterocycles. The Labute approximate surface area is 65.1 Å². The summed E-state index contributed by atoms with van der Waals surface area (Å²) >= 11 is 5.87. The SMILES string of the molecule is ClC1=C[CH]c2ccccc21. The van der Waals surface area contributed by atoms with Crippen molar-refractivity contribution in [3.8, 4) is 0 Å². The number of hydrogen-bond donors (Lipinski definition) is 0. The van der Waals surface area contributed by atoms with Crippen LogP contribution in [-0.4, -0.2) is 0 Å². The molecule has 0 N–H and O–H groups in total. The topological polar surface area (TPSA) is 0 Å². The maximum absolute atomic E-state index is 5.87. The van der Waals surface area contributed by atoms with Gasteiger partial charge in [-0.3, -0.25) is 0 Å². The molecule has 10 heavy (non-hydrogen) atoms. The second-order valence-electron chi connectivity index (χ2n) is 2.27. The van der Waals surface area contributed by atoms with Crippen molar-refractivity contribution < 1.29 is 0 Å². The van der Waals surface area contributed by atoms with Gasteiger partial charge in [0.25, 0.3) is 0 Å². The van der Waals surface area contributed by atoms with E-state index in [4.69, 9.17) is 11.6 Å². The van der Waals surface area contributed by atoms with E-state index in [0.29, 0.717) is 0 Å². The predicted molar refractivity (Wildman–Crippen MR) is 43.7 cm³/mol. The molecule has 0 aromatic heterocycles. The number of benzene rings is 1. The van der Waals surface area contributed by atoms with Gasteiger partial charge in [-0.2, -0.15) is 0 Å². The lowest BCUT2D eigenvalue weighted by atomic mass is 10.1. The third-order valence-electron chi connectivity index (χ3n) is 1.63. The lowest BCUT2D eigenvalue weighted by Crippen LogP contribution is -1.77. The quantitative estimate of drug-likeness (QED) is 0.532. The van der Waals surface area contributed by atoms with Crippen molar-refractivity contribution in [2.75, 3.05) is 0 Å². The van der Waals surface area contributed by atoms with Crippen LogP contribution < -0.4 is 0 Å². The summed E-state index contributed by atoms with van der Waals surface area (Å²) in [5.74, 6) is 0. The van der Waals surface area contributed by atoms with Gasteiger partial charge in [-0.25, -0.2) is 0 Å². The standard InChI is InChI=1S/C9H6Cl/c10-9-6-5-7-3-1-2-4-8(7)9/h1-6H. The highest BCUT2D eigenvalue weighted by molar-refractivity contribution is 6.49. The maximum atomic E-state index is 5.87. The monoisotopic (exact) mass is 149 g/mol. The summed E-state index contributed by atoms with van der Waals surface area (Å²) in [5, 5.41) is 0.843. The molecular weight excluding hydrogens is 144 g/mol. The van der Waals surface area contributed by atoms with E-state index >= 15 is 0 Å². The molecule has 0 bridgehead atoms. The number of allylic oxidation sites excluding steroid dienone is 1. The highest BCUT2D eigenvalue weighted by atomic mass is 35.5. The number of hydrogen-bond acceptors (Lipinski definition) is 0. The molecule has 0 aliphatic heterocycles. The Morgan fingerprint density at radius 3 is 2.70 bits per heavy atom. The van der Waals surface area contributed by atoms with E-state index < -0.39 is 0 Å². The Morgan fingerprint density at radius 2 is 1.90 bits per heavy atom. The summed E-state index contributed by atoms with van der Waals surface area (Å²) in [6, 6.07) is 8.09. The van der Waals surface area contributed by atoms with Crippen LogP contribution in [0.3, 0.4) is 0 Å². The molecule has 2 rings (SSSR count).